The van der Waals surface area contributed by atoms with Crippen LogP contribution in [0.4, 0.5) is 22.7 Å². The minimum atomic E-state index is -0.110. The predicted octanol–water partition coefficient (Wildman–Crippen LogP) is 29.0. The SMILES string of the molecule is CN1c2ccccc2C(C)(C)c2ccc(-c3c4ccccc4c(-c4ccc5c(c4)C(C)(C)c4ccccc4-5)c4cc(-c5ccc6ccccc6c5)ccc34)cc21.CN1c2ccccc2Cc2ccc(-c3c4ccccc4c(-c4ccc5c(c4)C(C)(C)c4ccccc4-5)c4cc(-c5ccc6ccccc6c5)ccc34)cc21. The van der Waals surface area contributed by atoms with Gasteiger partial charge in [-0.1, -0.05) is 321 Å². The Balaban J connectivity index is 0.000000140. The van der Waals surface area contributed by atoms with Crippen LogP contribution in [0.3, 0.4) is 0 Å². The second-order valence-corrected chi connectivity index (χ2v) is 32.7. The van der Waals surface area contributed by atoms with Crippen molar-refractivity contribution in [3.8, 4) is 89.0 Å². The molecule has 0 saturated heterocycles. The topological polar surface area (TPSA) is 6.48 Å². The van der Waals surface area contributed by atoms with Gasteiger partial charge in [-0.05, 0) is 259 Å². The predicted molar refractivity (Wildman–Crippen MR) is 470 cm³/mol. The average Bonchev–Trinajstić information content (AvgIpc) is 1.16. The van der Waals surface area contributed by atoms with Gasteiger partial charge in [0, 0.05) is 59.5 Å². The summed E-state index contributed by atoms with van der Waals surface area (Å²) in [7, 11) is 4.43. The van der Waals surface area contributed by atoms with Gasteiger partial charge in [0.2, 0.25) is 0 Å². The molecular formula is C108H82N2. The molecule has 0 saturated carbocycles. The zero-order valence-electron chi connectivity index (χ0n) is 63.4. The molecule has 110 heavy (non-hydrogen) atoms. The number of para-hydroxylation sites is 2. The fourth-order valence-electron chi connectivity index (χ4n) is 20.0. The number of fused-ring (bicyclic) bond motifs is 16. The monoisotopic (exact) mass is 1410 g/mol. The van der Waals surface area contributed by atoms with Gasteiger partial charge in [0.15, 0.2) is 0 Å². The average molecular weight is 1410 g/mol. The number of hydrogen-bond donors (Lipinski definition) is 0. The molecule has 0 amide bonds. The number of hydrogen-bond acceptors (Lipinski definition) is 2. The van der Waals surface area contributed by atoms with E-state index >= 15 is 0 Å². The molecule has 22 rings (SSSR count). The lowest BCUT2D eigenvalue weighted by molar-refractivity contribution is 0.629. The van der Waals surface area contributed by atoms with E-state index in [0.29, 0.717) is 0 Å². The van der Waals surface area contributed by atoms with Crippen LogP contribution in [-0.2, 0) is 22.7 Å². The summed E-state index contributed by atoms with van der Waals surface area (Å²) < 4.78 is 0. The van der Waals surface area contributed by atoms with Gasteiger partial charge in [-0.25, -0.2) is 0 Å². The van der Waals surface area contributed by atoms with E-state index in [4.69, 9.17) is 0 Å². The molecule has 0 unspecified atom stereocenters. The van der Waals surface area contributed by atoms with Gasteiger partial charge in [0.25, 0.3) is 0 Å². The Hall–Kier alpha value is -12.9. The third kappa shape index (κ3) is 9.94. The van der Waals surface area contributed by atoms with Crippen LogP contribution in [0.5, 0.6) is 0 Å². The van der Waals surface area contributed by atoms with Gasteiger partial charge in [0.05, 0.1) is 0 Å². The second-order valence-electron chi connectivity index (χ2n) is 32.7. The molecule has 18 aromatic carbocycles. The summed E-state index contributed by atoms with van der Waals surface area (Å²) in [6.07, 6.45) is 0.949. The largest absolute Gasteiger partial charge is 0.344 e. The van der Waals surface area contributed by atoms with Crippen molar-refractivity contribution in [2.45, 2.75) is 64.2 Å². The first kappa shape index (κ1) is 65.4. The summed E-state index contributed by atoms with van der Waals surface area (Å²) in [4.78, 5) is 4.76. The minimum Gasteiger partial charge on any atom is -0.344 e. The first-order chi connectivity index (χ1) is 53.6. The van der Waals surface area contributed by atoms with E-state index in [9.17, 15) is 0 Å². The van der Waals surface area contributed by atoms with E-state index in [1.54, 1.807) is 0 Å². The molecule has 0 N–H and O–H groups in total. The minimum absolute atomic E-state index is 0.0858. The normalized spacial score (nSPS) is 14.3. The van der Waals surface area contributed by atoms with Crippen molar-refractivity contribution < 1.29 is 0 Å². The Morgan fingerprint density at radius 2 is 0.527 bits per heavy atom. The van der Waals surface area contributed by atoms with Gasteiger partial charge < -0.3 is 9.80 Å². The van der Waals surface area contributed by atoms with E-state index in [1.807, 2.05) is 0 Å². The highest BCUT2D eigenvalue weighted by atomic mass is 15.1. The smallest absolute Gasteiger partial charge is 0.0455 e. The molecule has 2 heterocycles. The number of anilines is 4. The van der Waals surface area contributed by atoms with Crippen molar-refractivity contribution in [1.82, 2.24) is 0 Å². The number of benzene rings is 18. The fourth-order valence-corrected chi connectivity index (χ4v) is 20.0. The van der Waals surface area contributed by atoms with Crippen LogP contribution in [0.1, 0.15) is 86.1 Å². The second kappa shape index (κ2) is 24.6. The zero-order valence-corrected chi connectivity index (χ0v) is 63.4. The third-order valence-electron chi connectivity index (χ3n) is 25.7. The Labute approximate surface area is 644 Å². The lowest BCUT2D eigenvalue weighted by Crippen LogP contribution is -2.30. The molecule has 0 bridgehead atoms. The van der Waals surface area contributed by atoms with Crippen LogP contribution >= 0.6 is 0 Å². The van der Waals surface area contributed by atoms with E-state index in [2.05, 4.69) is 405 Å². The van der Waals surface area contributed by atoms with Gasteiger partial charge >= 0.3 is 0 Å². The van der Waals surface area contributed by atoms with Gasteiger partial charge in [0.1, 0.15) is 0 Å². The molecule has 2 nitrogen and oxygen atoms in total. The molecule has 0 aromatic heterocycles. The number of nitrogens with zero attached hydrogens (tertiary/aromatic N) is 2. The summed E-state index contributed by atoms with van der Waals surface area (Å²) in [5.41, 5.74) is 36.4. The molecule has 0 spiro atoms. The maximum Gasteiger partial charge on any atom is 0.0455 e. The summed E-state index contributed by atoms with van der Waals surface area (Å²) in [5.74, 6) is 0. The number of rotatable bonds is 6. The van der Waals surface area contributed by atoms with E-state index in [0.717, 1.165) is 6.42 Å². The molecule has 0 radical (unpaired) electrons. The molecule has 0 atom stereocenters. The summed E-state index contributed by atoms with van der Waals surface area (Å²) >= 11 is 0. The van der Waals surface area contributed by atoms with Crippen LogP contribution in [-0.4, -0.2) is 14.1 Å². The van der Waals surface area contributed by atoms with E-state index in [-0.39, 0.29) is 16.2 Å². The molecule has 2 aliphatic carbocycles. The van der Waals surface area contributed by atoms with Crippen molar-refractivity contribution in [2.75, 3.05) is 23.9 Å². The van der Waals surface area contributed by atoms with Crippen LogP contribution in [0.15, 0.2) is 340 Å². The zero-order chi connectivity index (χ0) is 74.1. The highest BCUT2D eigenvalue weighted by Gasteiger charge is 2.39. The Bertz CT molecular complexity index is 6960. The van der Waals surface area contributed by atoms with Crippen molar-refractivity contribution in [2.24, 2.45) is 0 Å². The Kier molecular flexibility index (Phi) is 14.6. The van der Waals surface area contributed by atoms with Crippen LogP contribution in [0.2, 0.25) is 0 Å². The molecule has 18 aromatic rings. The maximum absolute atomic E-state index is 2.49. The summed E-state index contributed by atoms with van der Waals surface area (Å²) in [5, 5.41) is 15.2. The molecule has 2 aliphatic heterocycles. The van der Waals surface area contributed by atoms with E-state index in [1.165, 1.54) is 221 Å². The Morgan fingerprint density at radius 1 is 0.200 bits per heavy atom. The lowest BCUT2D eigenvalue weighted by Gasteiger charge is -2.40. The quantitative estimate of drug-likeness (QED) is 0.153. The van der Waals surface area contributed by atoms with Crippen molar-refractivity contribution in [3.63, 3.8) is 0 Å². The molecule has 2 heteroatoms. The molecular weight excluding hydrogens is 1330 g/mol. The Morgan fingerprint density at radius 3 is 1.05 bits per heavy atom. The third-order valence-corrected chi connectivity index (χ3v) is 25.7. The van der Waals surface area contributed by atoms with Gasteiger partial charge in [-0.3, -0.25) is 0 Å². The summed E-state index contributed by atoms with van der Waals surface area (Å²) in [6.45, 7) is 14.2. The first-order valence-electron chi connectivity index (χ1n) is 39.0. The maximum atomic E-state index is 2.49. The first-order valence-corrected chi connectivity index (χ1v) is 39.0. The standard InChI is InChI=1S/C55H43N.C53H39N/c1-54(2)46-19-11-10-16-40(46)41-27-25-38(32-49(41)54)53-43-18-9-8-17-42(43)52(39-26-29-48-51(33-39)56(5)50-21-13-12-20-47(50)55(48,3)4)44-28-24-37(31-45(44)53)36-23-22-34-14-6-7-15-35(34)30-36;1-53(2)47-18-10-9-15-41(47)42-26-25-39(31-48(42)53)52-44-17-8-7-16-43(44)51(40-23-22-38-29-37-14-6-11-19-49(37)54(3)50(38)32-40)45-27-24-36(30-46(45)52)35-21-20-33-12-4-5-13-34(33)28-35/h6-33H,1-5H3;4-28,30-32H,29H2,1-3H3. The van der Waals surface area contributed by atoms with Crippen LogP contribution in [0, 0.1) is 0 Å². The van der Waals surface area contributed by atoms with Crippen molar-refractivity contribution in [1.29, 1.82) is 0 Å². The molecule has 524 valence electrons. The van der Waals surface area contributed by atoms with Gasteiger partial charge in [-0.2, -0.15) is 0 Å². The lowest BCUT2D eigenvalue weighted by atomic mass is 9.73. The highest BCUT2D eigenvalue weighted by molar-refractivity contribution is 6.24. The molecule has 0 fully saturated rings. The van der Waals surface area contributed by atoms with Crippen LogP contribution < -0.4 is 9.80 Å². The van der Waals surface area contributed by atoms with E-state index < -0.39 is 0 Å². The molecule has 4 aliphatic rings. The highest BCUT2D eigenvalue weighted by Crippen LogP contribution is 2.57. The van der Waals surface area contributed by atoms with Crippen LogP contribution in [0.25, 0.3) is 154 Å². The van der Waals surface area contributed by atoms with Gasteiger partial charge in [-0.15, -0.1) is 0 Å². The van der Waals surface area contributed by atoms with Crippen molar-refractivity contribution >= 4 is 87.4 Å². The fraction of sp³-hybridized carbons (Fsp3) is 0.111. The summed E-state index contributed by atoms with van der Waals surface area (Å²) in [6, 6.07) is 128. The van der Waals surface area contributed by atoms with Crippen molar-refractivity contribution in [3.05, 3.63) is 384 Å².